The van der Waals surface area contributed by atoms with E-state index in [1.807, 2.05) is 0 Å². The van der Waals surface area contributed by atoms with E-state index < -0.39 is 0 Å². The van der Waals surface area contributed by atoms with E-state index in [0.29, 0.717) is 17.2 Å². The van der Waals surface area contributed by atoms with E-state index in [0.717, 1.165) is 12.1 Å². The Morgan fingerprint density at radius 1 is 1.47 bits per heavy atom. The maximum absolute atomic E-state index is 6.01. The zero-order valence-electron chi connectivity index (χ0n) is 8.48. The first-order valence-corrected chi connectivity index (χ1v) is 6.27. The second-order valence-corrected chi connectivity index (χ2v) is 5.15. The normalized spacial score (nSPS) is 30.7. The molecule has 3 nitrogen and oxygen atoms in total. The van der Waals surface area contributed by atoms with Gasteiger partial charge in [0.15, 0.2) is 5.15 Å². The lowest BCUT2D eigenvalue weighted by atomic mass is 10.00. The van der Waals surface area contributed by atoms with Gasteiger partial charge in [-0.2, -0.15) is 8.75 Å². The van der Waals surface area contributed by atoms with Gasteiger partial charge < -0.3 is 0 Å². The highest BCUT2D eigenvalue weighted by atomic mass is 35.5. The van der Waals surface area contributed by atoms with Crippen LogP contribution in [0.4, 0.5) is 0 Å². The quantitative estimate of drug-likeness (QED) is 0.756. The molecule has 0 saturated carbocycles. The fourth-order valence-corrected chi connectivity index (χ4v) is 3.38. The zero-order valence-corrected chi connectivity index (χ0v) is 10.1. The van der Waals surface area contributed by atoms with Gasteiger partial charge in [0.25, 0.3) is 0 Å². The summed E-state index contributed by atoms with van der Waals surface area (Å²) in [6.07, 6.45) is 5.93. The van der Waals surface area contributed by atoms with E-state index >= 15 is 0 Å². The molecule has 3 rings (SSSR count). The highest BCUT2D eigenvalue weighted by Gasteiger charge is 2.35. The van der Waals surface area contributed by atoms with Crippen LogP contribution in [0.1, 0.15) is 25.0 Å². The Labute approximate surface area is 98.1 Å². The van der Waals surface area contributed by atoms with E-state index in [2.05, 4.69) is 26.8 Å². The van der Waals surface area contributed by atoms with Crippen LogP contribution < -0.4 is 0 Å². The van der Waals surface area contributed by atoms with E-state index in [1.54, 1.807) is 0 Å². The summed E-state index contributed by atoms with van der Waals surface area (Å²) in [5, 5.41) is 0.565. The average molecular weight is 242 g/mol. The van der Waals surface area contributed by atoms with Gasteiger partial charge in [-0.25, -0.2) is 0 Å². The smallest absolute Gasteiger partial charge is 0.170 e. The third kappa shape index (κ3) is 1.51. The van der Waals surface area contributed by atoms with Crippen LogP contribution >= 0.6 is 23.3 Å². The predicted molar refractivity (Wildman–Crippen MR) is 62.1 cm³/mol. The molecule has 0 aliphatic carbocycles. The van der Waals surface area contributed by atoms with E-state index in [4.69, 9.17) is 11.6 Å². The molecule has 80 valence electrons. The molecule has 5 heteroatoms. The molecule has 0 amide bonds. The molecule has 0 N–H and O–H groups in total. The van der Waals surface area contributed by atoms with Crippen LogP contribution in [0.2, 0.25) is 5.15 Å². The summed E-state index contributed by atoms with van der Waals surface area (Å²) in [5.74, 6) is 0. The lowest BCUT2D eigenvalue weighted by molar-refractivity contribution is 0.264. The molecule has 2 aliphatic heterocycles. The van der Waals surface area contributed by atoms with Gasteiger partial charge in [-0.3, -0.25) is 4.90 Å². The van der Waals surface area contributed by atoms with Crippen molar-refractivity contribution in [3.8, 4) is 0 Å². The molecule has 1 aromatic rings. The topological polar surface area (TPSA) is 29.0 Å². The lowest BCUT2D eigenvalue weighted by Gasteiger charge is -2.29. The average Bonchev–Trinajstić information content (AvgIpc) is 2.70. The van der Waals surface area contributed by atoms with Crippen LogP contribution in [0.3, 0.4) is 0 Å². The molecular formula is C10H12ClN3S. The Hall–Kier alpha value is -0.450. The third-order valence-electron chi connectivity index (χ3n) is 3.50. The SMILES string of the molecule is CN1C2C=C(c3nsnc3Cl)CC1CC2. The van der Waals surface area contributed by atoms with Crippen LogP contribution in [0.5, 0.6) is 0 Å². The number of halogens is 1. The zero-order chi connectivity index (χ0) is 10.4. The highest BCUT2D eigenvalue weighted by molar-refractivity contribution is 6.99. The van der Waals surface area contributed by atoms with Crippen molar-refractivity contribution in [3.05, 3.63) is 16.9 Å². The van der Waals surface area contributed by atoms with Crippen LogP contribution in [0, 0.1) is 0 Å². The summed E-state index contributed by atoms with van der Waals surface area (Å²) < 4.78 is 8.30. The molecule has 0 aromatic carbocycles. The number of fused-ring (bicyclic) bond motifs is 2. The fraction of sp³-hybridized carbons (Fsp3) is 0.600. The lowest BCUT2D eigenvalue weighted by Crippen LogP contribution is -2.34. The van der Waals surface area contributed by atoms with E-state index in [-0.39, 0.29) is 0 Å². The molecule has 2 bridgehead atoms. The monoisotopic (exact) mass is 241 g/mol. The van der Waals surface area contributed by atoms with Crippen LogP contribution in [0.15, 0.2) is 6.08 Å². The van der Waals surface area contributed by atoms with Gasteiger partial charge in [0, 0.05) is 12.1 Å². The van der Waals surface area contributed by atoms with Gasteiger partial charge in [0.05, 0.1) is 11.7 Å². The summed E-state index contributed by atoms with van der Waals surface area (Å²) in [6, 6.07) is 1.25. The van der Waals surface area contributed by atoms with Crippen molar-refractivity contribution < 1.29 is 0 Å². The molecule has 2 aliphatic rings. The van der Waals surface area contributed by atoms with E-state index in [9.17, 15) is 0 Å². The van der Waals surface area contributed by atoms with Crippen molar-refractivity contribution in [3.63, 3.8) is 0 Å². The minimum atomic E-state index is 0.565. The Balaban J connectivity index is 1.97. The standard InChI is InChI=1S/C10H12ClN3S/c1-14-7-2-3-8(14)5-6(4-7)9-10(11)13-15-12-9/h4,7-8H,2-3,5H2,1H3. The third-order valence-corrected chi connectivity index (χ3v) is 4.39. The van der Waals surface area contributed by atoms with Gasteiger partial charge in [-0.1, -0.05) is 17.7 Å². The number of hydrogen-bond donors (Lipinski definition) is 0. The first-order valence-electron chi connectivity index (χ1n) is 5.17. The Kier molecular flexibility index (Phi) is 2.30. The first kappa shape index (κ1) is 9.75. The Morgan fingerprint density at radius 3 is 3.00 bits per heavy atom. The molecule has 0 spiro atoms. The van der Waals surface area contributed by atoms with Crippen LogP contribution in [-0.2, 0) is 0 Å². The maximum atomic E-state index is 6.01. The number of hydrogen-bond acceptors (Lipinski definition) is 4. The summed E-state index contributed by atoms with van der Waals surface area (Å²) in [5.41, 5.74) is 2.20. The van der Waals surface area contributed by atoms with Crippen LogP contribution in [0.25, 0.3) is 5.57 Å². The van der Waals surface area contributed by atoms with E-state index in [1.165, 1.54) is 30.1 Å². The predicted octanol–water partition coefficient (Wildman–Crippen LogP) is 2.44. The summed E-state index contributed by atoms with van der Waals surface area (Å²) in [7, 11) is 2.20. The first-order chi connectivity index (χ1) is 7.25. The number of nitrogens with zero attached hydrogens (tertiary/aromatic N) is 3. The molecular weight excluding hydrogens is 230 g/mol. The summed E-state index contributed by atoms with van der Waals surface area (Å²) >= 11 is 7.20. The van der Waals surface area contributed by atoms with Crippen molar-refractivity contribution in [2.24, 2.45) is 0 Å². The van der Waals surface area contributed by atoms with Gasteiger partial charge in [0.2, 0.25) is 0 Å². The molecule has 15 heavy (non-hydrogen) atoms. The van der Waals surface area contributed by atoms with Crippen molar-refractivity contribution in [1.82, 2.24) is 13.6 Å². The van der Waals surface area contributed by atoms with Crippen molar-refractivity contribution in [2.45, 2.75) is 31.3 Å². The van der Waals surface area contributed by atoms with Gasteiger partial charge in [-0.15, -0.1) is 0 Å². The number of rotatable bonds is 1. The van der Waals surface area contributed by atoms with Gasteiger partial charge >= 0.3 is 0 Å². The van der Waals surface area contributed by atoms with Crippen molar-refractivity contribution in [1.29, 1.82) is 0 Å². The molecule has 3 heterocycles. The molecule has 1 aromatic heterocycles. The minimum absolute atomic E-state index is 0.565. The minimum Gasteiger partial charge on any atom is -0.297 e. The maximum Gasteiger partial charge on any atom is 0.170 e. The highest BCUT2D eigenvalue weighted by Crippen LogP contribution is 2.38. The second-order valence-electron chi connectivity index (χ2n) is 4.26. The molecule has 1 saturated heterocycles. The molecule has 2 unspecified atom stereocenters. The molecule has 2 atom stereocenters. The Bertz CT molecular complexity index is 415. The fourth-order valence-electron chi connectivity index (χ4n) is 2.59. The Morgan fingerprint density at radius 2 is 2.33 bits per heavy atom. The molecule has 1 fully saturated rings. The largest absolute Gasteiger partial charge is 0.297 e. The molecule has 0 radical (unpaired) electrons. The number of likely N-dealkylation sites (N-methyl/N-ethyl adjacent to an activating group) is 1. The van der Waals surface area contributed by atoms with Crippen molar-refractivity contribution in [2.75, 3.05) is 7.05 Å². The summed E-state index contributed by atoms with van der Waals surface area (Å²) in [6.45, 7) is 0. The van der Waals surface area contributed by atoms with Crippen molar-refractivity contribution >= 4 is 28.9 Å². The second kappa shape index (κ2) is 3.54. The summed E-state index contributed by atoms with van der Waals surface area (Å²) in [4.78, 5) is 2.46. The number of aromatic nitrogens is 2. The van der Waals surface area contributed by atoms with Gasteiger partial charge in [-0.05, 0) is 31.9 Å². The van der Waals surface area contributed by atoms with Crippen LogP contribution in [-0.4, -0.2) is 32.8 Å². The van der Waals surface area contributed by atoms with Gasteiger partial charge in [0.1, 0.15) is 5.69 Å².